The zero-order valence-corrected chi connectivity index (χ0v) is 11.7. The van der Waals surface area contributed by atoms with E-state index in [4.69, 9.17) is 0 Å². The second kappa shape index (κ2) is 6.64. The highest BCUT2D eigenvalue weighted by atomic mass is 19.1. The minimum absolute atomic E-state index is 0.00375. The van der Waals surface area contributed by atoms with Crippen LogP contribution in [0.15, 0.2) is 18.2 Å². The summed E-state index contributed by atoms with van der Waals surface area (Å²) in [6, 6.07) is 5.15. The second-order valence-corrected chi connectivity index (χ2v) is 4.88. The molecule has 0 bridgehead atoms. The van der Waals surface area contributed by atoms with E-state index < -0.39 is 0 Å². The van der Waals surface area contributed by atoms with Crippen LogP contribution in [0.1, 0.15) is 42.6 Å². The number of benzene rings is 1. The number of aryl methyl sites for hydroxylation is 1. The van der Waals surface area contributed by atoms with Crippen LogP contribution in [0, 0.1) is 12.7 Å². The maximum absolute atomic E-state index is 13.4. The maximum atomic E-state index is 13.4. The molecule has 0 spiro atoms. The summed E-state index contributed by atoms with van der Waals surface area (Å²) in [6.45, 7) is 6.66. The molecule has 0 aliphatic carbocycles. The molecule has 1 aromatic rings. The van der Waals surface area contributed by atoms with Crippen LogP contribution in [0.25, 0.3) is 0 Å². The Bertz CT molecular complexity index is 417. The van der Waals surface area contributed by atoms with E-state index in [0.29, 0.717) is 30.1 Å². The third-order valence-electron chi connectivity index (χ3n) is 3.53. The Balaban J connectivity index is 2.58. The van der Waals surface area contributed by atoms with Gasteiger partial charge >= 0.3 is 0 Å². The van der Waals surface area contributed by atoms with E-state index in [1.165, 1.54) is 6.07 Å². The molecule has 1 atom stereocenters. The summed E-state index contributed by atoms with van der Waals surface area (Å²) in [6.07, 6.45) is 1.49. The molecule has 0 saturated carbocycles. The number of Topliss-reactive ketones (excluding diaryl/α,β-unsaturated/α-hetero) is 1. The molecule has 0 heterocycles. The van der Waals surface area contributed by atoms with Crippen LogP contribution in [0.4, 0.5) is 4.39 Å². The molecule has 1 unspecified atom stereocenters. The van der Waals surface area contributed by atoms with Crippen molar-refractivity contribution in [3.63, 3.8) is 0 Å². The number of hydrogen-bond acceptors (Lipinski definition) is 2. The normalized spacial score (nSPS) is 12.8. The SMILES string of the molecule is CCC(C)N(C)CCC(=O)c1ccc(C)c(F)c1. The van der Waals surface area contributed by atoms with Gasteiger partial charge in [0.15, 0.2) is 5.78 Å². The third-order valence-corrected chi connectivity index (χ3v) is 3.53. The first kappa shape index (κ1) is 14.8. The summed E-state index contributed by atoms with van der Waals surface area (Å²) in [5.41, 5.74) is 1.04. The van der Waals surface area contributed by atoms with E-state index in [1.54, 1.807) is 19.1 Å². The van der Waals surface area contributed by atoms with Crippen molar-refractivity contribution >= 4 is 5.78 Å². The molecule has 18 heavy (non-hydrogen) atoms. The Kier molecular flexibility index (Phi) is 5.48. The highest BCUT2D eigenvalue weighted by molar-refractivity contribution is 5.96. The van der Waals surface area contributed by atoms with Crippen molar-refractivity contribution < 1.29 is 9.18 Å². The number of carbonyl (C=O) groups is 1. The number of carbonyl (C=O) groups excluding carboxylic acids is 1. The van der Waals surface area contributed by atoms with Gasteiger partial charge in [0, 0.05) is 24.6 Å². The first-order valence-corrected chi connectivity index (χ1v) is 6.45. The van der Waals surface area contributed by atoms with Crippen molar-refractivity contribution in [2.45, 2.75) is 39.7 Å². The Labute approximate surface area is 109 Å². The van der Waals surface area contributed by atoms with Crippen LogP contribution in [-0.2, 0) is 0 Å². The number of rotatable bonds is 6. The lowest BCUT2D eigenvalue weighted by Gasteiger charge is -2.22. The second-order valence-electron chi connectivity index (χ2n) is 4.88. The molecule has 2 nitrogen and oxygen atoms in total. The van der Waals surface area contributed by atoms with E-state index in [9.17, 15) is 9.18 Å². The number of hydrogen-bond donors (Lipinski definition) is 0. The lowest BCUT2D eigenvalue weighted by molar-refractivity contribution is 0.0961. The molecule has 0 aliphatic heterocycles. The third kappa shape index (κ3) is 3.91. The monoisotopic (exact) mass is 251 g/mol. The van der Waals surface area contributed by atoms with Crippen LogP contribution in [0.3, 0.4) is 0 Å². The minimum atomic E-state index is -0.309. The fraction of sp³-hybridized carbons (Fsp3) is 0.533. The van der Waals surface area contributed by atoms with Gasteiger partial charge in [0.1, 0.15) is 5.82 Å². The maximum Gasteiger partial charge on any atom is 0.164 e. The molecule has 0 aromatic heterocycles. The molecular weight excluding hydrogens is 229 g/mol. The standard InChI is InChI=1S/C15H22FNO/c1-5-12(3)17(4)9-8-15(18)13-7-6-11(2)14(16)10-13/h6-7,10,12H,5,8-9H2,1-4H3. The molecule has 1 aromatic carbocycles. The fourth-order valence-corrected chi connectivity index (χ4v) is 1.72. The van der Waals surface area contributed by atoms with Crippen molar-refractivity contribution in [2.24, 2.45) is 0 Å². The lowest BCUT2D eigenvalue weighted by Crippen LogP contribution is -2.30. The first-order chi connectivity index (χ1) is 8.45. The predicted octanol–water partition coefficient (Wildman–Crippen LogP) is 3.44. The average Bonchev–Trinajstić information content (AvgIpc) is 2.37. The topological polar surface area (TPSA) is 20.3 Å². The zero-order chi connectivity index (χ0) is 13.7. The van der Waals surface area contributed by atoms with E-state index >= 15 is 0 Å². The number of nitrogens with zero attached hydrogens (tertiary/aromatic N) is 1. The summed E-state index contributed by atoms with van der Waals surface area (Å²) >= 11 is 0. The van der Waals surface area contributed by atoms with Crippen LogP contribution >= 0.6 is 0 Å². The van der Waals surface area contributed by atoms with Gasteiger partial charge in [-0.2, -0.15) is 0 Å². The van der Waals surface area contributed by atoms with E-state index in [1.807, 2.05) is 7.05 Å². The molecule has 0 fully saturated rings. The first-order valence-electron chi connectivity index (χ1n) is 6.45. The van der Waals surface area contributed by atoms with Crippen molar-refractivity contribution in [3.05, 3.63) is 35.1 Å². The lowest BCUT2D eigenvalue weighted by atomic mass is 10.1. The molecule has 0 amide bonds. The number of ketones is 1. The Morgan fingerprint density at radius 1 is 1.44 bits per heavy atom. The predicted molar refractivity (Wildman–Crippen MR) is 72.5 cm³/mol. The highest BCUT2D eigenvalue weighted by Crippen LogP contribution is 2.12. The van der Waals surface area contributed by atoms with Crippen molar-refractivity contribution in [1.29, 1.82) is 0 Å². The van der Waals surface area contributed by atoms with Gasteiger partial charge in [-0.25, -0.2) is 4.39 Å². The van der Waals surface area contributed by atoms with Gasteiger partial charge < -0.3 is 4.90 Å². The van der Waals surface area contributed by atoms with Gasteiger partial charge in [0.25, 0.3) is 0 Å². The summed E-state index contributed by atoms with van der Waals surface area (Å²) < 4.78 is 13.4. The highest BCUT2D eigenvalue weighted by Gasteiger charge is 2.11. The van der Waals surface area contributed by atoms with Crippen LogP contribution in [-0.4, -0.2) is 30.3 Å². The van der Waals surface area contributed by atoms with Crippen LogP contribution in [0.2, 0.25) is 0 Å². The molecule has 3 heteroatoms. The zero-order valence-electron chi connectivity index (χ0n) is 11.7. The van der Waals surface area contributed by atoms with Crippen molar-refractivity contribution in [2.75, 3.05) is 13.6 Å². The summed E-state index contributed by atoms with van der Waals surface area (Å²) in [7, 11) is 2.01. The quantitative estimate of drug-likeness (QED) is 0.722. The van der Waals surface area contributed by atoms with Gasteiger partial charge in [-0.05, 0) is 38.9 Å². The molecule has 0 radical (unpaired) electrons. The molecule has 100 valence electrons. The molecule has 1 rings (SSSR count). The smallest absolute Gasteiger partial charge is 0.164 e. The van der Waals surface area contributed by atoms with Crippen LogP contribution < -0.4 is 0 Å². The van der Waals surface area contributed by atoms with Gasteiger partial charge in [-0.3, -0.25) is 4.79 Å². The molecule has 0 saturated heterocycles. The van der Waals surface area contributed by atoms with Crippen molar-refractivity contribution in [1.82, 2.24) is 4.90 Å². The summed E-state index contributed by atoms with van der Waals surface area (Å²) in [5.74, 6) is -0.305. The van der Waals surface area contributed by atoms with Gasteiger partial charge in [0.05, 0.1) is 0 Å². The Hall–Kier alpha value is -1.22. The van der Waals surface area contributed by atoms with Crippen molar-refractivity contribution in [3.8, 4) is 0 Å². The molecule has 0 N–H and O–H groups in total. The Morgan fingerprint density at radius 3 is 2.67 bits per heavy atom. The van der Waals surface area contributed by atoms with E-state index in [0.717, 1.165) is 6.42 Å². The van der Waals surface area contributed by atoms with Gasteiger partial charge in [-0.15, -0.1) is 0 Å². The van der Waals surface area contributed by atoms with E-state index in [-0.39, 0.29) is 11.6 Å². The average molecular weight is 251 g/mol. The van der Waals surface area contributed by atoms with Crippen LogP contribution in [0.5, 0.6) is 0 Å². The van der Waals surface area contributed by atoms with Gasteiger partial charge in [0.2, 0.25) is 0 Å². The molecular formula is C15H22FNO. The van der Waals surface area contributed by atoms with E-state index in [2.05, 4.69) is 18.7 Å². The summed E-state index contributed by atoms with van der Waals surface area (Å²) in [5, 5.41) is 0. The minimum Gasteiger partial charge on any atom is -0.303 e. The Morgan fingerprint density at radius 2 is 2.11 bits per heavy atom. The molecule has 0 aliphatic rings. The largest absolute Gasteiger partial charge is 0.303 e. The fourth-order valence-electron chi connectivity index (χ4n) is 1.72. The van der Waals surface area contributed by atoms with Gasteiger partial charge in [-0.1, -0.05) is 19.1 Å². The number of halogens is 1. The summed E-state index contributed by atoms with van der Waals surface area (Å²) in [4.78, 5) is 14.1.